The molecule has 0 saturated carbocycles. The van der Waals surface area contributed by atoms with Crippen molar-refractivity contribution in [2.45, 2.75) is 6.92 Å². The van der Waals surface area contributed by atoms with E-state index in [2.05, 4.69) is 4.98 Å². The van der Waals surface area contributed by atoms with Gasteiger partial charge in [-0.1, -0.05) is 35.9 Å². The van der Waals surface area contributed by atoms with Crippen LogP contribution in [0.5, 0.6) is 0 Å². The molecule has 88 valence electrons. The zero-order valence-electron chi connectivity index (χ0n) is 10.00. The SMILES string of the molecule is Cc1ccc(-c2ncc3cccc(C=O)n23)cc1. The summed E-state index contributed by atoms with van der Waals surface area (Å²) >= 11 is 0. The topological polar surface area (TPSA) is 34.4 Å². The maximum Gasteiger partial charge on any atom is 0.166 e. The first-order valence-electron chi connectivity index (χ1n) is 5.78. The third-order valence-electron chi connectivity index (χ3n) is 3.01. The predicted molar refractivity (Wildman–Crippen MR) is 70.8 cm³/mol. The standard InChI is InChI=1S/C15H12N2O/c1-11-5-7-12(8-6-11)15-16-9-13-3-2-4-14(10-18)17(13)15/h2-10H,1H3. The molecular weight excluding hydrogens is 224 g/mol. The van der Waals surface area contributed by atoms with Gasteiger partial charge in [-0.25, -0.2) is 4.98 Å². The van der Waals surface area contributed by atoms with E-state index in [9.17, 15) is 4.79 Å². The van der Waals surface area contributed by atoms with Crippen molar-refractivity contribution in [2.24, 2.45) is 0 Å². The lowest BCUT2D eigenvalue weighted by atomic mass is 10.1. The van der Waals surface area contributed by atoms with Gasteiger partial charge in [-0.3, -0.25) is 9.20 Å². The van der Waals surface area contributed by atoms with Crippen LogP contribution in [0.1, 0.15) is 16.1 Å². The van der Waals surface area contributed by atoms with Gasteiger partial charge in [0, 0.05) is 5.56 Å². The molecule has 3 nitrogen and oxygen atoms in total. The average molecular weight is 236 g/mol. The largest absolute Gasteiger partial charge is 0.296 e. The van der Waals surface area contributed by atoms with Crippen LogP contribution in [0.25, 0.3) is 16.9 Å². The van der Waals surface area contributed by atoms with E-state index in [-0.39, 0.29) is 0 Å². The first-order chi connectivity index (χ1) is 8.79. The molecule has 0 amide bonds. The number of carbonyl (C=O) groups excluding carboxylic acids is 1. The van der Waals surface area contributed by atoms with Crippen molar-refractivity contribution in [3.63, 3.8) is 0 Å². The molecule has 0 N–H and O–H groups in total. The fourth-order valence-corrected chi connectivity index (χ4v) is 2.07. The van der Waals surface area contributed by atoms with Crippen molar-refractivity contribution in [1.29, 1.82) is 0 Å². The summed E-state index contributed by atoms with van der Waals surface area (Å²) in [6, 6.07) is 13.7. The third kappa shape index (κ3) is 1.61. The average Bonchev–Trinajstić information content (AvgIpc) is 2.83. The van der Waals surface area contributed by atoms with Gasteiger partial charge in [-0.15, -0.1) is 0 Å². The van der Waals surface area contributed by atoms with Gasteiger partial charge in [0.05, 0.1) is 17.4 Å². The fraction of sp³-hybridized carbons (Fsp3) is 0.0667. The minimum atomic E-state index is 0.612. The van der Waals surface area contributed by atoms with Crippen molar-refractivity contribution in [1.82, 2.24) is 9.38 Å². The van der Waals surface area contributed by atoms with E-state index in [0.717, 1.165) is 23.2 Å². The number of nitrogens with zero attached hydrogens (tertiary/aromatic N) is 2. The van der Waals surface area contributed by atoms with Crippen LogP contribution in [0.2, 0.25) is 0 Å². The molecule has 0 aliphatic heterocycles. The molecule has 0 unspecified atom stereocenters. The van der Waals surface area contributed by atoms with Crippen LogP contribution in [0.4, 0.5) is 0 Å². The van der Waals surface area contributed by atoms with Crippen LogP contribution in [0.15, 0.2) is 48.7 Å². The minimum Gasteiger partial charge on any atom is -0.296 e. The Morgan fingerprint density at radius 3 is 2.61 bits per heavy atom. The van der Waals surface area contributed by atoms with Crippen molar-refractivity contribution in [3.8, 4) is 11.4 Å². The van der Waals surface area contributed by atoms with Crippen LogP contribution in [0, 0.1) is 6.92 Å². The van der Waals surface area contributed by atoms with Crippen molar-refractivity contribution < 1.29 is 4.79 Å². The summed E-state index contributed by atoms with van der Waals surface area (Å²) < 4.78 is 1.87. The molecule has 0 radical (unpaired) electrons. The number of aryl methyl sites for hydroxylation is 1. The Kier molecular flexibility index (Phi) is 2.45. The Hall–Kier alpha value is -2.42. The van der Waals surface area contributed by atoms with Gasteiger partial charge in [0.15, 0.2) is 6.29 Å². The van der Waals surface area contributed by atoms with E-state index in [1.54, 1.807) is 12.3 Å². The molecule has 3 rings (SSSR count). The Bertz CT molecular complexity index is 711. The number of pyridine rings is 1. The zero-order chi connectivity index (χ0) is 12.5. The monoisotopic (exact) mass is 236 g/mol. The number of aldehydes is 1. The number of fused-ring (bicyclic) bond motifs is 1. The molecule has 0 spiro atoms. The van der Waals surface area contributed by atoms with Gasteiger partial charge in [0.2, 0.25) is 0 Å². The summed E-state index contributed by atoms with van der Waals surface area (Å²) in [7, 11) is 0. The third-order valence-corrected chi connectivity index (χ3v) is 3.01. The molecule has 0 aliphatic carbocycles. The normalized spacial score (nSPS) is 10.7. The smallest absolute Gasteiger partial charge is 0.166 e. The molecule has 2 aromatic heterocycles. The highest BCUT2D eigenvalue weighted by atomic mass is 16.1. The lowest BCUT2D eigenvalue weighted by molar-refractivity contribution is 0.111. The molecule has 0 fully saturated rings. The van der Waals surface area contributed by atoms with Gasteiger partial charge in [0.1, 0.15) is 5.82 Å². The molecule has 0 bridgehead atoms. The van der Waals surface area contributed by atoms with Gasteiger partial charge in [-0.05, 0) is 19.1 Å². The van der Waals surface area contributed by atoms with Crippen LogP contribution in [-0.4, -0.2) is 15.7 Å². The number of hydrogen-bond acceptors (Lipinski definition) is 2. The van der Waals surface area contributed by atoms with Crippen molar-refractivity contribution >= 4 is 11.8 Å². The van der Waals surface area contributed by atoms with Gasteiger partial charge in [0.25, 0.3) is 0 Å². The van der Waals surface area contributed by atoms with Crippen LogP contribution in [0.3, 0.4) is 0 Å². The summed E-state index contributed by atoms with van der Waals surface area (Å²) in [6.07, 6.45) is 2.63. The molecule has 3 heteroatoms. The van der Waals surface area contributed by atoms with Crippen molar-refractivity contribution in [3.05, 3.63) is 59.9 Å². The van der Waals surface area contributed by atoms with Crippen LogP contribution >= 0.6 is 0 Å². The second-order valence-corrected chi connectivity index (χ2v) is 4.28. The Labute approximate surface area is 105 Å². The van der Waals surface area contributed by atoms with E-state index >= 15 is 0 Å². The summed E-state index contributed by atoms with van der Waals surface area (Å²) in [4.78, 5) is 15.5. The quantitative estimate of drug-likeness (QED) is 0.641. The van der Waals surface area contributed by atoms with Crippen LogP contribution < -0.4 is 0 Å². The highest BCUT2D eigenvalue weighted by Gasteiger charge is 2.08. The molecule has 2 heterocycles. The number of benzene rings is 1. The highest BCUT2D eigenvalue weighted by molar-refractivity contribution is 5.77. The van der Waals surface area contributed by atoms with E-state index in [1.807, 2.05) is 47.7 Å². The van der Waals surface area contributed by atoms with Crippen LogP contribution in [-0.2, 0) is 0 Å². The second kappa shape index (κ2) is 4.11. The molecule has 0 aliphatic rings. The lowest BCUT2D eigenvalue weighted by Gasteiger charge is -2.04. The van der Waals surface area contributed by atoms with E-state index in [4.69, 9.17) is 0 Å². The van der Waals surface area contributed by atoms with Gasteiger partial charge in [-0.2, -0.15) is 0 Å². The first-order valence-corrected chi connectivity index (χ1v) is 5.78. The lowest BCUT2D eigenvalue weighted by Crippen LogP contribution is -1.97. The van der Waals surface area contributed by atoms with E-state index < -0.39 is 0 Å². The maximum atomic E-state index is 11.1. The molecule has 18 heavy (non-hydrogen) atoms. The summed E-state index contributed by atoms with van der Waals surface area (Å²) in [6.45, 7) is 2.05. The molecule has 0 saturated heterocycles. The number of aromatic nitrogens is 2. The molecule has 1 aromatic carbocycles. The molecule has 0 atom stereocenters. The van der Waals surface area contributed by atoms with E-state index in [0.29, 0.717) is 5.69 Å². The summed E-state index contributed by atoms with van der Waals surface area (Å²) in [5.74, 6) is 0.799. The zero-order valence-corrected chi connectivity index (χ0v) is 10.00. The minimum absolute atomic E-state index is 0.612. The maximum absolute atomic E-state index is 11.1. The first kappa shape index (κ1) is 10.7. The second-order valence-electron chi connectivity index (χ2n) is 4.28. The summed E-state index contributed by atoms with van der Waals surface area (Å²) in [5, 5.41) is 0. The number of imidazole rings is 1. The summed E-state index contributed by atoms with van der Waals surface area (Å²) in [5.41, 5.74) is 3.75. The van der Waals surface area contributed by atoms with Gasteiger partial charge < -0.3 is 0 Å². The van der Waals surface area contributed by atoms with E-state index in [1.165, 1.54) is 5.56 Å². The number of carbonyl (C=O) groups is 1. The van der Waals surface area contributed by atoms with Crippen molar-refractivity contribution in [2.75, 3.05) is 0 Å². The Morgan fingerprint density at radius 2 is 1.89 bits per heavy atom. The Morgan fingerprint density at radius 1 is 1.11 bits per heavy atom. The Balaban J connectivity index is 2.29. The van der Waals surface area contributed by atoms with Gasteiger partial charge >= 0.3 is 0 Å². The number of hydrogen-bond donors (Lipinski definition) is 0. The fourth-order valence-electron chi connectivity index (χ4n) is 2.07. The number of rotatable bonds is 2. The predicted octanol–water partition coefficient (Wildman–Crippen LogP) is 3.12. The molecule has 3 aromatic rings. The highest BCUT2D eigenvalue weighted by Crippen LogP contribution is 2.21. The molecular formula is C15H12N2O.